The van der Waals surface area contributed by atoms with E-state index in [4.69, 9.17) is 11.5 Å². The fourth-order valence-corrected chi connectivity index (χ4v) is 1.08. The predicted molar refractivity (Wildman–Crippen MR) is 64.9 cm³/mol. The minimum absolute atomic E-state index is 0.190. The third-order valence-corrected chi connectivity index (χ3v) is 2.15. The molecule has 0 aliphatic heterocycles. The second kappa shape index (κ2) is 6.09. The lowest BCUT2D eigenvalue weighted by Gasteiger charge is -1.92. The van der Waals surface area contributed by atoms with Gasteiger partial charge in [-0.15, -0.1) is 0 Å². The molecule has 0 aromatic carbocycles. The van der Waals surface area contributed by atoms with E-state index in [1.807, 2.05) is 0 Å². The van der Waals surface area contributed by atoms with E-state index >= 15 is 0 Å². The molecule has 0 bridgehead atoms. The fraction of sp³-hybridized carbons (Fsp3) is 0. The normalized spacial score (nSPS) is 9.35. The largest absolute Gasteiger partial charge is 0.384 e. The van der Waals surface area contributed by atoms with Gasteiger partial charge >= 0.3 is 0 Å². The van der Waals surface area contributed by atoms with E-state index in [1.54, 1.807) is 0 Å². The van der Waals surface area contributed by atoms with Crippen molar-refractivity contribution in [2.24, 2.45) is 0 Å². The van der Waals surface area contributed by atoms with Crippen LogP contribution in [-0.4, -0.2) is 9.97 Å². The van der Waals surface area contributed by atoms with Gasteiger partial charge in [-0.3, -0.25) is 0 Å². The van der Waals surface area contributed by atoms with E-state index in [0.29, 0.717) is 4.47 Å². The third kappa shape index (κ3) is 4.73. The zero-order chi connectivity index (χ0) is 12.8. The van der Waals surface area contributed by atoms with Gasteiger partial charge in [0.15, 0.2) is 0 Å². The van der Waals surface area contributed by atoms with E-state index < -0.39 is 11.9 Å². The number of nitrogen functional groups attached to an aromatic ring is 2. The van der Waals surface area contributed by atoms with Gasteiger partial charge in [-0.2, -0.15) is 8.78 Å². The Labute approximate surface area is 105 Å². The number of halogens is 3. The Morgan fingerprint density at radius 3 is 2.00 bits per heavy atom. The summed E-state index contributed by atoms with van der Waals surface area (Å²) < 4.78 is 24.6. The standard InChI is InChI=1S/C5H4BrFN2.C5H5FN2/c6-3-1-2-4(8)9-5(3)7;6-4-2-1-3-5(7)8-4/h1-2H,(H2,8,9);1-3H,(H2,7,8). The molecule has 0 unspecified atom stereocenters. The van der Waals surface area contributed by atoms with Crippen LogP contribution in [0.2, 0.25) is 0 Å². The molecule has 17 heavy (non-hydrogen) atoms. The second-order valence-corrected chi connectivity index (χ2v) is 3.75. The van der Waals surface area contributed by atoms with Crippen LogP contribution in [0.15, 0.2) is 34.8 Å². The van der Waals surface area contributed by atoms with E-state index in [2.05, 4.69) is 25.9 Å². The van der Waals surface area contributed by atoms with Gasteiger partial charge < -0.3 is 11.5 Å². The van der Waals surface area contributed by atoms with Gasteiger partial charge in [-0.05, 0) is 40.2 Å². The molecule has 0 fully saturated rings. The SMILES string of the molecule is Nc1ccc(Br)c(F)n1.Nc1cccc(F)n1. The van der Waals surface area contributed by atoms with Gasteiger partial charge in [0.1, 0.15) is 11.6 Å². The highest BCUT2D eigenvalue weighted by molar-refractivity contribution is 9.10. The molecule has 2 aromatic rings. The number of rotatable bonds is 0. The molecule has 4 nitrogen and oxygen atoms in total. The number of hydrogen-bond acceptors (Lipinski definition) is 4. The highest BCUT2D eigenvalue weighted by atomic mass is 79.9. The summed E-state index contributed by atoms with van der Waals surface area (Å²) >= 11 is 2.94. The molecule has 90 valence electrons. The first-order valence-corrected chi connectivity index (χ1v) is 5.24. The van der Waals surface area contributed by atoms with Gasteiger partial charge in [-0.1, -0.05) is 6.07 Å². The third-order valence-electron chi connectivity index (χ3n) is 1.56. The van der Waals surface area contributed by atoms with Crippen LogP contribution < -0.4 is 11.5 Å². The Kier molecular flexibility index (Phi) is 4.77. The highest BCUT2D eigenvalue weighted by Gasteiger charge is 1.97. The van der Waals surface area contributed by atoms with Crippen molar-refractivity contribution in [3.63, 3.8) is 0 Å². The Morgan fingerprint density at radius 1 is 0.941 bits per heavy atom. The van der Waals surface area contributed by atoms with Crippen LogP contribution >= 0.6 is 15.9 Å². The molecule has 0 saturated heterocycles. The van der Waals surface area contributed by atoms with Crippen molar-refractivity contribution in [1.82, 2.24) is 9.97 Å². The minimum Gasteiger partial charge on any atom is -0.384 e. The number of nitrogens with two attached hydrogens (primary N) is 2. The zero-order valence-electron chi connectivity index (χ0n) is 8.57. The first-order valence-electron chi connectivity index (χ1n) is 4.44. The number of anilines is 2. The first-order chi connectivity index (χ1) is 7.99. The zero-order valence-corrected chi connectivity index (χ0v) is 10.2. The minimum atomic E-state index is -0.574. The van der Waals surface area contributed by atoms with Gasteiger partial charge in [0.2, 0.25) is 11.9 Å². The Hall–Kier alpha value is -1.76. The molecule has 0 aliphatic carbocycles. The molecule has 0 spiro atoms. The van der Waals surface area contributed by atoms with Crippen LogP contribution in [0.5, 0.6) is 0 Å². The average Bonchev–Trinajstić information content (AvgIpc) is 2.24. The molecule has 0 aliphatic rings. The molecule has 2 heterocycles. The van der Waals surface area contributed by atoms with Gasteiger partial charge in [0, 0.05) is 0 Å². The smallest absolute Gasteiger partial charge is 0.229 e. The van der Waals surface area contributed by atoms with Gasteiger partial charge in [0.05, 0.1) is 4.47 Å². The lowest BCUT2D eigenvalue weighted by atomic mass is 10.5. The van der Waals surface area contributed by atoms with Crippen molar-refractivity contribution < 1.29 is 8.78 Å². The molecule has 0 radical (unpaired) electrons. The molecule has 0 amide bonds. The van der Waals surface area contributed by atoms with Gasteiger partial charge in [-0.25, -0.2) is 9.97 Å². The first kappa shape index (κ1) is 13.3. The summed E-state index contributed by atoms with van der Waals surface area (Å²) in [5.74, 6) is -0.708. The van der Waals surface area contributed by atoms with Crippen LogP contribution in [0.4, 0.5) is 20.4 Å². The lowest BCUT2D eigenvalue weighted by molar-refractivity contribution is 0.579. The summed E-state index contributed by atoms with van der Waals surface area (Å²) in [6.07, 6.45) is 0. The summed E-state index contributed by atoms with van der Waals surface area (Å²) in [5.41, 5.74) is 10.3. The van der Waals surface area contributed by atoms with Crippen molar-refractivity contribution in [2.75, 3.05) is 11.5 Å². The topological polar surface area (TPSA) is 77.8 Å². The summed E-state index contributed by atoms with van der Waals surface area (Å²) in [6.45, 7) is 0. The van der Waals surface area contributed by atoms with E-state index in [0.717, 1.165) is 0 Å². The number of nitrogens with zero attached hydrogens (tertiary/aromatic N) is 2. The van der Waals surface area contributed by atoms with Crippen molar-refractivity contribution in [1.29, 1.82) is 0 Å². The summed E-state index contributed by atoms with van der Waals surface area (Å²) in [4.78, 5) is 6.62. The molecule has 4 N–H and O–H groups in total. The van der Waals surface area contributed by atoms with Gasteiger partial charge in [0.25, 0.3) is 0 Å². The van der Waals surface area contributed by atoms with Crippen LogP contribution in [0.3, 0.4) is 0 Å². The van der Waals surface area contributed by atoms with E-state index in [1.165, 1.54) is 30.3 Å². The van der Waals surface area contributed by atoms with Crippen molar-refractivity contribution in [3.05, 3.63) is 46.7 Å². The highest BCUT2D eigenvalue weighted by Crippen LogP contribution is 2.13. The summed E-state index contributed by atoms with van der Waals surface area (Å²) in [6, 6.07) is 7.32. The Balaban J connectivity index is 0.000000171. The Morgan fingerprint density at radius 2 is 1.59 bits per heavy atom. The van der Waals surface area contributed by atoms with Crippen LogP contribution in [-0.2, 0) is 0 Å². The number of hydrogen-bond donors (Lipinski definition) is 2. The maximum atomic E-state index is 12.3. The molecule has 0 saturated carbocycles. The average molecular weight is 303 g/mol. The quantitative estimate of drug-likeness (QED) is 0.732. The molecular weight excluding hydrogens is 294 g/mol. The second-order valence-electron chi connectivity index (χ2n) is 2.89. The van der Waals surface area contributed by atoms with Crippen LogP contribution in [0, 0.1) is 11.9 Å². The van der Waals surface area contributed by atoms with Crippen LogP contribution in [0.1, 0.15) is 0 Å². The lowest BCUT2D eigenvalue weighted by Crippen LogP contribution is -1.92. The monoisotopic (exact) mass is 302 g/mol. The maximum Gasteiger partial charge on any atom is 0.229 e. The van der Waals surface area contributed by atoms with Crippen molar-refractivity contribution in [2.45, 2.75) is 0 Å². The predicted octanol–water partition coefficient (Wildman–Crippen LogP) is 2.37. The van der Waals surface area contributed by atoms with Crippen LogP contribution in [0.25, 0.3) is 0 Å². The summed E-state index contributed by atoms with van der Waals surface area (Å²) in [7, 11) is 0. The molecule has 2 rings (SSSR count). The number of aromatic nitrogens is 2. The summed E-state index contributed by atoms with van der Waals surface area (Å²) in [5, 5.41) is 0. The van der Waals surface area contributed by atoms with E-state index in [-0.39, 0.29) is 11.6 Å². The molecule has 0 atom stereocenters. The van der Waals surface area contributed by atoms with E-state index in [9.17, 15) is 8.78 Å². The Bertz CT molecular complexity index is 490. The molecule has 7 heteroatoms. The maximum absolute atomic E-state index is 12.3. The van der Waals surface area contributed by atoms with Crippen molar-refractivity contribution in [3.8, 4) is 0 Å². The van der Waals surface area contributed by atoms with Crippen molar-refractivity contribution >= 4 is 27.6 Å². The molecule has 2 aromatic heterocycles. The molecular formula is C10H9BrF2N4. The fourth-order valence-electron chi connectivity index (χ4n) is 0.855. The number of pyridine rings is 2.